The van der Waals surface area contributed by atoms with Crippen LogP contribution in [0.1, 0.15) is 12.5 Å². The molecular weight excluding hydrogens is 265 g/mol. The third kappa shape index (κ3) is 1.83. The molecule has 1 fully saturated rings. The molecule has 2 aromatic heterocycles. The summed E-state index contributed by atoms with van der Waals surface area (Å²) in [5.74, 6) is -0.585. The fraction of sp³-hybridized carbons (Fsp3) is 0.583. The maximum absolute atomic E-state index is 14.5. The van der Waals surface area contributed by atoms with E-state index in [0.29, 0.717) is 17.6 Å². The van der Waals surface area contributed by atoms with Crippen LogP contribution in [0.2, 0.25) is 0 Å². The summed E-state index contributed by atoms with van der Waals surface area (Å²) in [4.78, 5) is 12.1. The zero-order chi connectivity index (χ0) is 14.3. The molecule has 4 N–H and O–H groups in total. The molecule has 4 atom stereocenters. The molecular formula is C12H16FN5O2. The van der Waals surface area contributed by atoms with Gasteiger partial charge in [-0.15, -0.1) is 0 Å². The molecule has 0 saturated heterocycles. The first-order valence-corrected chi connectivity index (χ1v) is 6.46. The van der Waals surface area contributed by atoms with Crippen molar-refractivity contribution in [3.8, 4) is 0 Å². The molecule has 0 radical (unpaired) electrons. The first-order chi connectivity index (χ1) is 9.67. The van der Waals surface area contributed by atoms with Crippen molar-refractivity contribution in [1.29, 1.82) is 0 Å². The second-order valence-electron chi connectivity index (χ2n) is 5.12. The van der Waals surface area contributed by atoms with Gasteiger partial charge in [0.1, 0.15) is 18.0 Å². The van der Waals surface area contributed by atoms with E-state index in [4.69, 9.17) is 5.73 Å². The van der Waals surface area contributed by atoms with Gasteiger partial charge >= 0.3 is 0 Å². The highest BCUT2D eigenvalue weighted by Crippen LogP contribution is 2.42. The number of fused-ring (bicyclic) bond motifs is 1. The zero-order valence-corrected chi connectivity index (χ0v) is 10.7. The van der Waals surface area contributed by atoms with E-state index in [-0.39, 0.29) is 24.9 Å². The molecule has 0 unspecified atom stereocenters. The van der Waals surface area contributed by atoms with E-state index in [1.807, 2.05) is 0 Å². The van der Waals surface area contributed by atoms with Gasteiger partial charge in [0.2, 0.25) is 0 Å². The first-order valence-electron chi connectivity index (χ1n) is 6.46. The van der Waals surface area contributed by atoms with Crippen LogP contribution in [0.3, 0.4) is 0 Å². The number of halogens is 1. The Morgan fingerprint density at radius 2 is 2.10 bits per heavy atom. The van der Waals surface area contributed by atoms with Crippen LogP contribution in [0.5, 0.6) is 0 Å². The minimum Gasteiger partial charge on any atom is -0.396 e. The highest BCUT2D eigenvalue weighted by atomic mass is 19.1. The van der Waals surface area contributed by atoms with E-state index in [9.17, 15) is 14.6 Å². The van der Waals surface area contributed by atoms with Crippen molar-refractivity contribution in [1.82, 2.24) is 19.5 Å². The quantitative estimate of drug-likeness (QED) is 0.725. The third-order valence-electron chi connectivity index (χ3n) is 4.12. The molecule has 0 bridgehead atoms. The predicted molar refractivity (Wildman–Crippen MR) is 69.4 cm³/mol. The van der Waals surface area contributed by atoms with Crippen LogP contribution < -0.4 is 5.73 Å². The number of anilines is 1. The highest BCUT2D eigenvalue weighted by molar-refractivity contribution is 5.81. The van der Waals surface area contributed by atoms with Gasteiger partial charge in [-0.25, -0.2) is 19.3 Å². The Balaban J connectivity index is 2.01. The highest BCUT2D eigenvalue weighted by Gasteiger charge is 2.44. The Labute approximate surface area is 114 Å². The summed E-state index contributed by atoms with van der Waals surface area (Å²) in [5.41, 5.74) is 6.62. The van der Waals surface area contributed by atoms with Crippen molar-refractivity contribution in [3.63, 3.8) is 0 Å². The lowest BCUT2D eigenvalue weighted by atomic mass is 9.97. The van der Waals surface area contributed by atoms with Crippen LogP contribution in [0.15, 0.2) is 12.7 Å². The molecule has 108 valence electrons. The number of hydrogen-bond acceptors (Lipinski definition) is 6. The summed E-state index contributed by atoms with van der Waals surface area (Å²) in [6, 6.07) is -0.511. The van der Waals surface area contributed by atoms with Crippen molar-refractivity contribution in [2.75, 3.05) is 18.9 Å². The number of imidazole rings is 1. The van der Waals surface area contributed by atoms with Gasteiger partial charge in [-0.1, -0.05) is 0 Å². The average molecular weight is 281 g/mol. The van der Waals surface area contributed by atoms with Gasteiger partial charge in [-0.3, -0.25) is 0 Å². The van der Waals surface area contributed by atoms with Crippen molar-refractivity contribution in [2.45, 2.75) is 18.6 Å². The van der Waals surface area contributed by atoms with Gasteiger partial charge < -0.3 is 20.5 Å². The summed E-state index contributed by atoms with van der Waals surface area (Å²) < 4.78 is 16.1. The van der Waals surface area contributed by atoms with Gasteiger partial charge in [0.05, 0.1) is 12.4 Å². The van der Waals surface area contributed by atoms with Crippen LogP contribution in [0, 0.1) is 11.8 Å². The van der Waals surface area contributed by atoms with Gasteiger partial charge in [0.25, 0.3) is 0 Å². The van der Waals surface area contributed by atoms with Crippen molar-refractivity contribution < 1.29 is 14.6 Å². The second kappa shape index (κ2) is 4.95. The molecule has 7 nitrogen and oxygen atoms in total. The van der Waals surface area contributed by atoms with Gasteiger partial charge in [0, 0.05) is 19.1 Å². The minimum atomic E-state index is -1.26. The van der Waals surface area contributed by atoms with Crippen molar-refractivity contribution >= 4 is 17.0 Å². The van der Waals surface area contributed by atoms with Crippen LogP contribution in [0.25, 0.3) is 11.2 Å². The van der Waals surface area contributed by atoms with Gasteiger partial charge in [0.15, 0.2) is 11.5 Å². The molecule has 1 aliphatic carbocycles. The molecule has 0 amide bonds. The standard InChI is InChI=1S/C12H16FN5O2/c13-9-7(3-20)6(2-19)1-8(9)18-5-17-10-11(14)15-4-16-12(10)18/h4-9,19-20H,1-3H2,(H2,14,15,16)/t6-,7-,8-,9+/m1/s1. The lowest BCUT2D eigenvalue weighted by Gasteiger charge is -2.18. The fourth-order valence-electron chi connectivity index (χ4n) is 3.00. The maximum Gasteiger partial charge on any atom is 0.165 e. The summed E-state index contributed by atoms with van der Waals surface area (Å²) in [6.07, 6.45) is 1.97. The molecule has 0 aliphatic heterocycles. The largest absolute Gasteiger partial charge is 0.396 e. The smallest absolute Gasteiger partial charge is 0.165 e. The molecule has 2 aromatic rings. The Hall–Kier alpha value is -1.80. The summed E-state index contributed by atoms with van der Waals surface area (Å²) >= 11 is 0. The molecule has 1 aliphatic rings. The van der Waals surface area contributed by atoms with Crippen LogP contribution in [0.4, 0.5) is 10.2 Å². The minimum absolute atomic E-state index is 0.147. The number of hydrogen-bond donors (Lipinski definition) is 3. The SMILES string of the molecule is Nc1ncnc2c1ncn2[C@@H]1C[C@H](CO)[C@@H](CO)[C@@H]1F. The van der Waals surface area contributed by atoms with E-state index >= 15 is 0 Å². The number of alkyl halides is 1. The third-order valence-corrected chi connectivity index (χ3v) is 4.12. The van der Waals surface area contributed by atoms with Gasteiger partial charge in [-0.05, 0) is 12.3 Å². The monoisotopic (exact) mass is 281 g/mol. The van der Waals surface area contributed by atoms with E-state index in [2.05, 4.69) is 15.0 Å². The first kappa shape index (κ1) is 13.2. The molecule has 0 aromatic carbocycles. The Bertz CT molecular complexity index is 619. The van der Waals surface area contributed by atoms with E-state index < -0.39 is 18.1 Å². The Morgan fingerprint density at radius 3 is 2.75 bits per heavy atom. The number of aromatic nitrogens is 4. The molecule has 3 rings (SSSR count). The molecule has 0 spiro atoms. The number of nitrogen functional groups attached to an aromatic ring is 1. The summed E-state index contributed by atoms with van der Waals surface area (Å²) in [7, 11) is 0. The summed E-state index contributed by atoms with van der Waals surface area (Å²) in [5, 5.41) is 18.6. The molecule has 1 saturated carbocycles. The second-order valence-corrected chi connectivity index (χ2v) is 5.12. The molecule has 8 heteroatoms. The summed E-state index contributed by atoms with van der Waals surface area (Å²) in [6.45, 7) is -0.432. The number of rotatable bonds is 3. The topological polar surface area (TPSA) is 110 Å². The number of nitrogens with two attached hydrogens (primary N) is 1. The lowest BCUT2D eigenvalue weighted by Crippen LogP contribution is -2.25. The normalized spacial score (nSPS) is 30.1. The van der Waals surface area contributed by atoms with E-state index in [1.165, 1.54) is 12.7 Å². The predicted octanol–water partition coefficient (Wildman–Crippen LogP) is -0.0916. The van der Waals surface area contributed by atoms with E-state index in [0.717, 1.165) is 0 Å². The average Bonchev–Trinajstić information content (AvgIpc) is 3.00. The van der Waals surface area contributed by atoms with Gasteiger partial charge in [-0.2, -0.15) is 0 Å². The van der Waals surface area contributed by atoms with E-state index in [1.54, 1.807) is 4.57 Å². The Kier molecular flexibility index (Phi) is 3.27. The van der Waals surface area contributed by atoms with Crippen molar-refractivity contribution in [3.05, 3.63) is 12.7 Å². The molecule has 2 heterocycles. The van der Waals surface area contributed by atoms with Crippen LogP contribution in [-0.4, -0.2) is 49.1 Å². The number of aliphatic hydroxyl groups is 2. The van der Waals surface area contributed by atoms with Crippen LogP contribution in [-0.2, 0) is 0 Å². The molecule has 20 heavy (non-hydrogen) atoms. The maximum atomic E-state index is 14.5. The van der Waals surface area contributed by atoms with Crippen LogP contribution >= 0.6 is 0 Å². The zero-order valence-electron chi connectivity index (χ0n) is 10.7. The number of nitrogens with zero attached hydrogens (tertiary/aromatic N) is 4. The fourth-order valence-corrected chi connectivity index (χ4v) is 3.00. The van der Waals surface area contributed by atoms with Crippen molar-refractivity contribution in [2.24, 2.45) is 11.8 Å². The Morgan fingerprint density at radius 1 is 1.30 bits per heavy atom. The lowest BCUT2D eigenvalue weighted by molar-refractivity contribution is 0.0957. The number of aliphatic hydroxyl groups excluding tert-OH is 2.